The average molecular weight is 272 g/mol. The summed E-state index contributed by atoms with van der Waals surface area (Å²) in [5.74, 6) is 0.433. The largest absolute Gasteiger partial charge is 0.483 e. The minimum Gasteiger partial charge on any atom is -0.483 e. The quantitative estimate of drug-likeness (QED) is 0.729. The van der Waals surface area contributed by atoms with E-state index in [0.717, 1.165) is 10.9 Å². The van der Waals surface area contributed by atoms with Gasteiger partial charge in [-0.3, -0.25) is 10.1 Å². The van der Waals surface area contributed by atoms with Crippen LogP contribution in [0.3, 0.4) is 0 Å². The number of hydrogen-bond acceptors (Lipinski definition) is 5. The number of hydrogen-bond donors (Lipinski definition) is 2. The van der Waals surface area contributed by atoms with Crippen LogP contribution in [0.15, 0.2) is 30.5 Å². The van der Waals surface area contributed by atoms with Crippen molar-refractivity contribution in [3.05, 3.63) is 30.5 Å². The maximum atomic E-state index is 11.7. The van der Waals surface area contributed by atoms with Crippen molar-refractivity contribution in [3.63, 3.8) is 0 Å². The summed E-state index contributed by atoms with van der Waals surface area (Å²) in [4.78, 5) is 11.7. The van der Waals surface area contributed by atoms with Crippen molar-refractivity contribution < 1.29 is 9.53 Å². The van der Waals surface area contributed by atoms with Crippen molar-refractivity contribution in [1.82, 2.24) is 25.2 Å². The van der Waals surface area contributed by atoms with Gasteiger partial charge in [0.25, 0.3) is 11.9 Å². The number of ether oxygens (including phenoxy) is 1. The van der Waals surface area contributed by atoms with E-state index in [9.17, 15) is 4.79 Å². The van der Waals surface area contributed by atoms with E-state index in [1.54, 1.807) is 0 Å². The van der Waals surface area contributed by atoms with E-state index in [0.29, 0.717) is 5.75 Å². The summed E-state index contributed by atoms with van der Waals surface area (Å²) < 4.78 is 7.52. The van der Waals surface area contributed by atoms with Gasteiger partial charge < -0.3 is 9.30 Å². The smallest absolute Gasteiger partial charge is 0.269 e. The highest BCUT2D eigenvalue weighted by Gasteiger charge is 2.09. The molecule has 0 aliphatic heterocycles. The Morgan fingerprint density at radius 3 is 3.15 bits per heavy atom. The Balaban J connectivity index is 1.69. The molecule has 0 spiro atoms. The molecule has 0 atom stereocenters. The first-order chi connectivity index (χ1) is 9.74. The SMILES string of the molecule is Cn1ccc2c(OCC(=O)Nc3nn[nH]n3)cccc21. The lowest BCUT2D eigenvalue weighted by molar-refractivity contribution is -0.118. The predicted octanol–water partition coefficient (Wildman–Crippen LogP) is 0.709. The van der Waals surface area contributed by atoms with Gasteiger partial charge >= 0.3 is 0 Å². The fourth-order valence-corrected chi connectivity index (χ4v) is 1.92. The summed E-state index contributed by atoms with van der Waals surface area (Å²) in [6.45, 7) is -0.122. The van der Waals surface area contributed by atoms with Crippen LogP contribution in [-0.2, 0) is 11.8 Å². The monoisotopic (exact) mass is 272 g/mol. The molecule has 0 fully saturated rings. The van der Waals surface area contributed by atoms with Gasteiger partial charge in [0.2, 0.25) is 0 Å². The van der Waals surface area contributed by atoms with Gasteiger partial charge in [-0.15, -0.1) is 5.10 Å². The zero-order chi connectivity index (χ0) is 13.9. The molecule has 0 aliphatic carbocycles. The van der Waals surface area contributed by atoms with Gasteiger partial charge in [-0.2, -0.15) is 5.21 Å². The van der Waals surface area contributed by atoms with Gasteiger partial charge in [-0.05, 0) is 23.4 Å². The van der Waals surface area contributed by atoms with Crippen molar-refractivity contribution in [2.45, 2.75) is 0 Å². The number of anilines is 1. The Kier molecular flexibility index (Phi) is 3.04. The molecule has 3 rings (SSSR count). The third-order valence-corrected chi connectivity index (χ3v) is 2.84. The molecule has 8 nitrogen and oxygen atoms in total. The third-order valence-electron chi connectivity index (χ3n) is 2.84. The molecule has 3 aromatic rings. The molecule has 1 aromatic carbocycles. The second-order valence-electron chi connectivity index (χ2n) is 4.19. The second kappa shape index (κ2) is 5.00. The number of amides is 1. The van der Waals surface area contributed by atoms with Gasteiger partial charge in [0.05, 0.1) is 5.52 Å². The molecule has 0 unspecified atom stereocenters. The number of carbonyl (C=O) groups is 1. The van der Waals surface area contributed by atoms with E-state index < -0.39 is 0 Å². The van der Waals surface area contributed by atoms with Crippen LogP contribution < -0.4 is 10.1 Å². The standard InChI is InChI=1S/C12H12N6O2/c1-18-6-5-8-9(18)3-2-4-10(8)20-7-11(19)13-12-14-16-17-15-12/h2-6H,7H2,1H3,(H2,13,14,15,16,17,19). The minimum atomic E-state index is -0.348. The van der Waals surface area contributed by atoms with Crippen LogP contribution in [0.1, 0.15) is 0 Å². The lowest BCUT2D eigenvalue weighted by Crippen LogP contribution is -2.20. The van der Waals surface area contributed by atoms with Crippen LogP contribution in [0.4, 0.5) is 5.95 Å². The first-order valence-electron chi connectivity index (χ1n) is 5.94. The molecule has 2 heterocycles. The summed E-state index contributed by atoms with van der Waals surface area (Å²) in [5.41, 5.74) is 1.04. The molecule has 0 saturated heterocycles. The predicted molar refractivity (Wildman–Crippen MR) is 71.2 cm³/mol. The molecule has 0 saturated carbocycles. The fourth-order valence-electron chi connectivity index (χ4n) is 1.92. The summed E-state index contributed by atoms with van der Waals surface area (Å²) in [6.07, 6.45) is 1.94. The highest BCUT2D eigenvalue weighted by molar-refractivity contribution is 5.91. The number of fused-ring (bicyclic) bond motifs is 1. The third kappa shape index (κ3) is 2.30. The average Bonchev–Trinajstić information content (AvgIpc) is 3.07. The van der Waals surface area contributed by atoms with Crippen molar-refractivity contribution in [1.29, 1.82) is 0 Å². The zero-order valence-corrected chi connectivity index (χ0v) is 10.7. The maximum Gasteiger partial charge on any atom is 0.269 e. The fraction of sp³-hybridized carbons (Fsp3) is 0.167. The number of rotatable bonds is 4. The molecule has 0 radical (unpaired) electrons. The molecule has 1 amide bonds. The highest BCUT2D eigenvalue weighted by Crippen LogP contribution is 2.25. The van der Waals surface area contributed by atoms with Gasteiger partial charge in [-0.1, -0.05) is 11.2 Å². The van der Waals surface area contributed by atoms with Crippen molar-refractivity contribution in [3.8, 4) is 5.75 Å². The van der Waals surface area contributed by atoms with E-state index in [1.165, 1.54) is 0 Å². The van der Waals surface area contributed by atoms with Gasteiger partial charge in [-0.25, -0.2) is 0 Å². The van der Waals surface area contributed by atoms with Crippen LogP contribution >= 0.6 is 0 Å². The minimum absolute atomic E-state index is 0.122. The Morgan fingerprint density at radius 2 is 2.35 bits per heavy atom. The number of nitrogens with one attached hydrogen (secondary N) is 2. The maximum absolute atomic E-state index is 11.7. The Morgan fingerprint density at radius 1 is 1.45 bits per heavy atom. The van der Waals surface area contributed by atoms with E-state index in [4.69, 9.17) is 4.74 Å². The van der Waals surface area contributed by atoms with Gasteiger partial charge in [0.15, 0.2) is 6.61 Å². The van der Waals surface area contributed by atoms with E-state index >= 15 is 0 Å². The van der Waals surface area contributed by atoms with Crippen LogP contribution in [0.5, 0.6) is 5.75 Å². The van der Waals surface area contributed by atoms with Crippen molar-refractivity contribution in [2.24, 2.45) is 7.05 Å². The molecule has 0 aliphatic rings. The van der Waals surface area contributed by atoms with E-state index in [1.807, 2.05) is 42.1 Å². The number of aryl methyl sites for hydroxylation is 1. The molecule has 2 aromatic heterocycles. The molecule has 2 N–H and O–H groups in total. The molecule has 8 heteroatoms. The molecule has 102 valence electrons. The van der Waals surface area contributed by atoms with E-state index in [2.05, 4.69) is 25.9 Å². The molecule has 0 bridgehead atoms. The molecule has 20 heavy (non-hydrogen) atoms. The summed E-state index contributed by atoms with van der Waals surface area (Å²) >= 11 is 0. The number of aromatic nitrogens is 5. The summed E-state index contributed by atoms with van der Waals surface area (Å²) in [7, 11) is 1.95. The van der Waals surface area contributed by atoms with Crippen LogP contribution in [-0.4, -0.2) is 37.7 Å². The number of carbonyl (C=O) groups excluding carboxylic acids is 1. The molecular formula is C12H12N6O2. The summed E-state index contributed by atoms with van der Waals surface area (Å²) in [5, 5.41) is 16.3. The molecular weight excluding hydrogens is 260 g/mol. The lowest BCUT2D eigenvalue weighted by Gasteiger charge is -2.07. The normalized spacial score (nSPS) is 10.7. The van der Waals surface area contributed by atoms with Crippen LogP contribution in [0, 0.1) is 0 Å². The Labute approximate surface area is 113 Å². The van der Waals surface area contributed by atoms with Gasteiger partial charge in [0, 0.05) is 18.6 Å². The first kappa shape index (κ1) is 12.2. The van der Waals surface area contributed by atoms with Crippen LogP contribution in [0.25, 0.3) is 10.9 Å². The van der Waals surface area contributed by atoms with Crippen LogP contribution in [0.2, 0.25) is 0 Å². The zero-order valence-electron chi connectivity index (χ0n) is 10.7. The lowest BCUT2D eigenvalue weighted by atomic mass is 10.2. The second-order valence-corrected chi connectivity index (χ2v) is 4.19. The van der Waals surface area contributed by atoms with Crippen molar-refractivity contribution in [2.75, 3.05) is 11.9 Å². The topological polar surface area (TPSA) is 97.7 Å². The van der Waals surface area contributed by atoms with Gasteiger partial charge in [0.1, 0.15) is 5.75 Å². The Hall–Kier alpha value is -2.90. The van der Waals surface area contributed by atoms with E-state index in [-0.39, 0.29) is 18.5 Å². The highest BCUT2D eigenvalue weighted by atomic mass is 16.5. The Bertz CT molecular complexity index is 734. The summed E-state index contributed by atoms with van der Waals surface area (Å²) in [6, 6.07) is 7.64. The first-order valence-corrected chi connectivity index (χ1v) is 5.94. The number of benzene rings is 1. The number of aromatic amines is 1. The van der Waals surface area contributed by atoms with Crippen molar-refractivity contribution >= 4 is 22.8 Å². The number of H-pyrrole nitrogens is 1. The number of nitrogens with zero attached hydrogens (tertiary/aromatic N) is 4. The number of tetrazole rings is 1.